The van der Waals surface area contributed by atoms with E-state index in [2.05, 4.69) is 27.7 Å². The molecule has 1 fully saturated rings. The van der Waals surface area contributed by atoms with Crippen molar-refractivity contribution in [3.63, 3.8) is 0 Å². The summed E-state index contributed by atoms with van der Waals surface area (Å²) >= 11 is 0. The van der Waals surface area contributed by atoms with Crippen LogP contribution in [-0.2, 0) is 16.1 Å². The summed E-state index contributed by atoms with van der Waals surface area (Å²) in [5, 5.41) is 6.13. The highest BCUT2D eigenvalue weighted by Crippen LogP contribution is 2.23. The molecule has 7 nitrogen and oxygen atoms in total. The molecule has 0 saturated carbocycles. The van der Waals surface area contributed by atoms with Crippen LogP contribution in [0.5, 0.6) is 5.75 Å². The van der Waals surface area contributed by atoms with Crippen LogP contribution in [0.15, 0.2) is 47.1 Å². The molecule has 146 valence electrons. The summed E-state index contributed by atoms with van der Waals surface area (Å²) in [5.41, 5.74) is 1.20. The summed E-state index contributed by atoms with van der Waals surface area (Å²) in [7, 11) is 1.66. The van der Waals surface area contributed by atoms with Crippen molar-refractivity contribution in [1.29, 1.82) is 0 Å². The normalized spacial score (nSPS) is 16.0. The molecule has 2 heterocycles. The Morgan fingerprint density at radius 1 is 1.22 bits per heavy atom. The highest BCUT2D eigenvalue weighted by Gasteiger charge is 2.22. The molecule has 1 aromatic heterocycles. The summed E-state index contributed by atoms with van der Waals surface area (Å²) in [6.45, 7) is 4.57. The number of hydrogen-bond acceptors (Lipinski definition) is 6. The predicted octanol–water partition coefficient (Wildman–Crippen LogP) is 1.57. The second-order valence-corrected chi connectivity index (χ2v) is 6.42. The van der Waals surface area contributed by atoms with Gasteiger partial charge in [-0.1, -0.05) is 12.1 Å². The van der Waals surface area contributed by atoms with Crippen molar-refractivity contribution in [2.24, 2.45) is 0 Å². The lowest BCUT2D eigenvalue weighted by Crippen LogP contribution is -2.44. The third kappa shape index (κ3) is 5.82. The molecular formula is C20H27N3O4. The Morgan fingerprint density at radius 3 is 2.67 bits per heavy atom. The van der Waals surface area contributed by atoms with Gasteiger partial charge in [-0.3, -0.25) is 9.69 Å². The van der Waals surface area contributed by atoms with E-state index in [-0.39, 0.29) is 18.5 Å². The zero-order valence-electron chi connectivity index (χ0n) is 15.6. The summed E-state index contributed by atoms with van der Waals surface area (Å²) in [6.07, 6.45) is 1.60. The van der Waals surface area contributed by atoms with Crippen molar-refractivity contribution in [2.75, 3.05) is 46.5 Å². The second-order valence-electron chi connectivity index (χ2n) is 6.42. The van der Waals surface area contributed by atoms with Crippen LogP contribution in [0.1, 0.15) is 17.4 Å². The van der Waals surface area contributed by atoms with Gasteiger partial charge in [0.1, 0.15) is 11.5 Å². The molecule has 1 atom stereocenters. The first-order chi connectivity index (χ1) is 13.3. The van der Waals surface area contributed by atoms with Gasteiger partial charge in [0.05, 0.1) is 39.7 Å². The van der Waals surface area contributed by atoms with E-state index in [9.17, 15) is 4.79 Å². The van der Waals surface area contributed by atoms with Gasteiger partial charge in [0.2, 0.25) is 5.91 Å². The van der Waals surface area contributed by atoms with Gasteiger partial charge in [0.15, 0.2) is 0 Å². The Morgan fingerprint density at radius 2 is 2.00 bits per heavy atom. The van der Waals surface area contributed by atoms with E-state index in [1.165, 1.54) is 5.56 Å². The lowest BCUT2D eigenvalue weighted by atomic mass is 10.0. The van der Waals surface area contributed by atoms with Gasteiger partial charge in [0.25, 0.3) is 0 Å². The summed E-state index contributed by atoms with van der Waals surface area (Å²) in [6, 6.07) is 11.9. The van der Waals surface area contributed by atoms with Crippen LogP contribution < -0.4 is 15.4 Å². The standard InChI is InChI=1S/C20H27N3O4/c1-25-17-6-4-16(5-7-17)19(23-8-11-26-12-9-23)14-21-15-20(24)22-13-18-3-2-10-27-18/h2-7,10,19,21H,8-9,11-15H2,1H3,(H,22,24). The Bertz CT molecular complexity index is 682. The number of nitrogens with one attached hydrogen (secondary N) is 2. The molecule has 1 saturated heterocycles. The molecule has 0 bridgehead atoms. The maximum atomic E-state index is 12.1. The molecule has 0 aliphatic carbocycles. The molecule has 27 heavy (non-hydrogen) atoms. The fraction of sp³-hybridized carbons (Fsp3) is 0.450. The van der Waals surface area contributed by atoms with Crippen LogP contribution in [0.3, 0.4) is 0 Å². The average Bonchev–Trinajstić information content (AvgIpc) is 3.24. The monoisotopic (exact) mass is 373 g/mol. The number of morpholine rings is 1. The van der Waals surface area contributed by atoms with E-state index in [0.717, 1.165) is 37.8 Å². The van der Waals surface area contributed by atoms with Crippen LogP contribution in [0.25, 0.3) is 0 Å². The Kier molecular flexibility index (Phi) is 7.27. The third-order valence-corrected chi connectivity index (χ3v) is 4.65. The lowest BCUT2D eigenvalue weighted by Gasteiger charge is -2.35. The molecule has 3 rings (SSSR count). The van der Waals surface area contributed by atoms with Crippen molar-refractivity contribution < 1.29 is 18.7 Å². The van der Waals surface area contributed by atoms with Crippen molar-refractivity contribution >= 4 is 5.91 Å². The average molecular weight is 373 g/mol. The van der Waals surface area contributed by atoms with Crippen LogP contribution in [0.2, 0.25) is 0 Å². The molecule has 2 aromatic rings. The lowest BCUT2D eigenvalue weighted by molar-refractivity contribution is -0.120. The topological polar surface area (TPSA) is 76.0 Å². The zero-order valence-corrected chi connectivity index (χ0v) is 15.6. The number of benzene rings is 1. The highest BCUT2D eigenvalue weighted by molar-refractivity contribution is 5.77. The summed E-state index contributed by atoms with van der Waals surface area (Å²) < 4.78 is 16.0. The number of rotatable bonds is 9. The van der Waals surface area contributed by atoms with Crippen LogP contribution in [0.4, 0.5) is 0 Å². The highest BCUT2D eigenvalue weighted by atomic mass is 16.5. The number of furan rings is 1. The van der Waals surface area contributed by atoms with Crippen molar-refractivity contribution in [1.82, 2.24) is 15.5 Å². The van der Waals surface area contributed by atoms with Gasteiger partial charge in [-0.15, -0.1) is 0 Å². The smallest absolute Gasteiger partial charge is 0.234 e. The van der Waals surface area contributed by atoms with E-state index in [0.29, 0.717) is 13.1 Å². The number of ether oxygens (including phenoxy) is 2. The van der Waals surface area contributed by atoms with E-state index in [1.807, 2.05) is 24.3 Å². The first-order valence-corrected chi connectivity index (χ1v) is 9.22. The Balaban J connectivity index is 1.53. The fourth-order valence-electron chi connectivity index (χ4n) is 3.16. The predicted molar refractivity (Wildman–Crippen MR) is 102 cm³/mol. The Labute approximate surface area is 159 Å². The molecule has 1 aliphatic heterocycles. The van der Waals surface area contributed by atoms with Crippen LogP contribution in [-0.4, -0.2) is 57.3 Å². The van der Waals surface area contributed by atoms with Crippen LogP contribution in [0, 0.1) is 0 Å². The van der Waals surface area contributed by atoms with E-state index >= 15 is 0 Å². The van der Waals surface area contributed by atoms with Gasteiger partial charge in [-0.05, 0) is 29.8 Å². The maximum absolute atomic E-state index is 12.1. The molecular weight excluding hydrogens is 346 g/mol. The number of methoxy groups -OCH3 is 1. The van der Waals surface area contributed by atoms with Gasteiger partial charge in [-0.2, -0.15) is 0 Å². The number of carbonyl (C=O) groups is 1. The molecule has 1 amide bonds. The summed E-state index contributed by atoms with van der Waals surface area (Å²) in [4.78, 5) is 14.4. The van der Waals surface area contributed by atoms with Crippen molar-refractivity contribution in [3.8, 4) is 5.75 Å². The molecule has 2 N–H and O–H groups in total. The fourth-order valence-corrected chi connectivity index (χ4v) is 3.16. The molecule has 1 aromatic carbocycles. The SMILES string of the molecule is COc1ccc(C(CNCC(=O)NCc2ccco2)N2CCOCC2)cc1. The minimum absolute atomic E-state index is 0.0538. The number of carbonyl (C=O) groups excluding carboxylic acids is 1. The van der Waals surface area contributed by atoms with Crippen molar-refractivity contribution in [3.05, 3.63) is 54.0 Å². The molecule has 1 unspecified atom stereocenters. The molecule has 0 radical (unpaired) electrons. The second kappa shape index (κ2) is 10.1. The van der Waals surface area contributed by atoms with Crippen LogP contribution >= 0.6 is 0 Å². The first kappa shape index (κ1) is 19.4. The molecule has 1 aliphatic rings. The largest absolute Gasteiger partial charge is 0.497 e. The van der Waals surface area contributed by atoms with E-state index in [4.69, 9.17) is 13.9 Å². The van der Waals surface area contributed by atoms with Gasteiger partial charge >= 0.3 is 0 Å². The quantitative estimate of drug-likeness (QED) is 0.695. The first-order valence-electron chi connectivity index (χ1n) is 9.22. The third-order valence-electron chi connectivity index (χ3n) is 4.65. The molecule has 0 spiro atoms. The van der Waals surface area contributed by atoms with E-state index < -0.39 is 0 Å². The van der Waals surface area contributed by atoms with Gasteiger partial charge in [-0.25, -0.2) is 0 Å². The van der Waals surface area contributed by atoms with Gasteiger partial charge < -0.3 is 24.5 Å². The molecule has 7 heteroatoms. The number of amides is 1. The minimum atomic E-state index is -0.0538. The number of nitrogens with zero attached hydrogens (tertiary/aromatic N) is 1. The summed E-state index contributed by atoms with van der Waals surface area (Å²) in [5.74, 6) is 1.53. The van der Waals surface area contributed by atoms with Crippen molar-refractivity contribution in [2.45, 2.75) is 12.6 Å². The Hall–Kier alpha value is -2.35. The minimum Gasteiger partial charge on any atom is -0.497 e. The van der Waals surface area contributed by atoms with E-state index in [1.54, 1.807) is 13.4 Å². The van der Waals surface area contributed by atoms with Gasteiger partial charge in [0, 0.05) is 25.7 Å². The maximum Gasteiger partial charge on any atom is 0.234 e. The number of hydrogen-bond donors (Lipinski definition) is 2. The zero-order chi connectivity index (χ0) is 18.9.